The van der Waals surface area contributed by atoms with E-state index in [9.17, 15) is 14.7 Å². The lowest BCUT2D eigenvalue weighted by molar-refractivity contribution is -0.0542. The molecular weight excluding hydrogens is 444 g/mol. The average Bonchev–Trinajstić information content (AvgIpc) is 3.32. The number of carbonyl (C=O) groups excluding carboxylic acids is 2. The van der Waals surface area contributed by atoms with Crippen molar-refractivity contribution in [3.63, 3.8) is 0 Å². The number of carbonyl (C=O) groups is 2. The highest BCUT2D eigenvalue weighted by Crippen LogP contribution is 2.44. The number of imidazole rings is 1. The van der Waals surface area contributed by atoms with Gasteiger partial charge in [0.05, 0.1) is 24.7 Å². The summed E-state index contributed by atoms with van der Waals surface area (Å²) in [7, 11) is 1.26. The van der Waals surface area contributed by atoms with Crippen molar-refractivity contribution in [3.8, 4) is 0 Å². The van der Waals surface area contributed by atoms with Crippen LogP contribution < -0.4 is 5.32 Å². The molecule has 0 radical (unpaired) electrons. The van der Waals surface area contributed by atoms with E-state index < -0.39 is 11.8 Å². The van der Waals surface area contributed by atoms with E-state index >= 15 is 0 Å². The molecule has 0 aliphatic carbocycles. The predicted molar refractivity (Wildman–Crippen MR) is 123 cm³/mol. The maximum absolute atomic E-state index is 13.4. The van der Waals surface area contributed by atoms with Gasteiger partial charge in [-0.05, 0) is 29.8 Å². The van der Waals surface area contributed by atoms with Gasteiger partial charge < -0.3 is 14.8 Å². The molecule has 1 aliphatic rings. The number of fused-ring (bicyclic) bond motifs is 2. The zero-order valence-corrected chi connectivity index (χ0v) is 18.3. The van der Waals surface area contributed by atoms with E-state index in [0.29, 0.717) is 38.3 Å². The molecule has 4 aromatic rings. The first kappa shape index (κ1) is 21.0. The summed E-state index contributed by atoms with van der Waals surface area (Å²) in [4.78, 5) is 33.6. The van der Waals surface area contributed by atoms with Gasteiger partial charge in [-0.2, -0.15) is 0 Å². The number of rotatable bonds is 4. The molecule has 166 valence electrons. The maximum atomic E-state index is 13.4. The monoisotopic (exact) mass is 462 g/mol. The summed E-state index contributed by atoms with van der Waals surface area (Å²) >= 11 is 6.36. The van der Waals surface area contributed by atoms with Crippen LogP contribution in [0.2, 0.25) is 5.02 Å². The molecule has 8 nitrogen and oxygen atoms in total. The summed E-state index contributed by atoms with van der Waals surface area (Å²) in [5, 5.41) is 15.1. The molecule has 5 rings (SSSR count). The molecule has 2 amide bonds. The number of hydrogen-bond acceptors (Lipinski definition) is 5. The predicted octanol–water partition coefficient (Wildman–Crippen LogP) is 4.24. The van der Waals surface area contributed by atoms with Gasteiger partial charge in [0.25, 0.3) is 5.91 Å². The standard InChI is InChI=1S/C24H19ClN4O4/c1-33-23(31)28-22-26-19-11-10-15(12-20(19)27-22)24(32)17-8-4-3-7-16(17)21(30)29(24)13-14-6-2-5-9-18(14)25/h2-12,32H,13H2,1H3,(H2,26,27,28,31). The fourth-order valence-corrected chi connectivity index (χ4v) is 4.33. The molecule has 1 atom stereocenters. The molecule has 3 N–H and O–H groups in total. The number of H-pyrrole nitrogens is 1. The Kier molecular flexibility index (Phi) is 5.03. The fraction of sp³-hybridized carbons (Fsp3) is 0.125. The molecule has 1 unspecified atom stereocenters. The average molecular weight is 463 g/mol. The van der Waals surface area contributed by atoms with E-state index in [1.165, 1.54) is 12.0 Å². The van der Waals surface area contributed by atoms with Gasteiger partial charge in [-0.1, -0.05) is 54.1 Å². The van der Waals surface area contributed by atoms with Crippen LogP contribution >= 0.6 is 11.6 Å². The van der Waals surface area contributed by atoms with E-state index in [0.717, 1.165) is 0 Å². The lowest BCUT2D eigenvalue weighted by atomic mass is 9.93. The number of anilines is 1. The Hall–Kier alpha value is -3.88. The highest BCUT2D eigenvalue weighted by molar-refractivity contribution is 6.31. The molecular formula is C24H19ClN4O4. The fourth-order valence-electron chi connectivity index (χ4n) is 4.14. The summed E-state index contributed by atoms with van der Waals surface area (Å²) in [5.74, 6) is -0.0948. The summed E-state index contributed by atoms with van der Waals surface area (Å²) in [6.07, 6.45) is -0.658. The summed E-state index contributed by atoms with van der Waals surface area (Å²) in [6, 6.07) is 19.3. The first-order valence-corrected chi connectivity index (χ1v) is 10.5. The zero-order chi connectivity index (χ0) is 23.2. The molecule has 1 aromatic heterocycles. The van der Waals surface area contributed by atoms with Gasteiger partial charge >= 0.3 is 6.09 Å². The number of halogens is 1. The van der Waals surface area contributed by atoms with Crippen molar-refractivity contribution in [3.05, 3.63) is 94.0 Å². The van der Waals surface area contributed by atoms with Crippen molar-refractivity contribution in [2.45, 2.75) is 12.3 Å². The van der Waals surface area contributed by atoms with Crippen molar-refractivity contribution >= 4 is 40.6 Å². The molecule has 9 heteroatoms. The van der Waals surface area contributed by atoms with E-state index in [1.807, 2.05) is 18.2 Å². The highest BCUT2D eigenvalue weighted by Gasteiger charge is 2.49. The van der Waals surface area contributed by atoms with Crippen LogP contribution in [0, 0.1) is 0 Å². The minimum absolute atomic E-state index is 0.111. The second-order valence-corrected chi connectivity index (χ2v) is 8.04. The Morgan fingerprint density at radius 3 is 2.73 bits per heavy atom. The minimum atomic E-state index is -1.73. The third-order valence-corrected chi connectivity index (χ3v) is 6.11. The SMILES string of the molecule is COC(=O)Nc1nc2ccc(C3(O)c4ccccc4C(=O)N3Cc3ccccc3Cl)cc2[nH]1. The first-order chi connectivity index (χ1) is 15.9. The number of ether oxygens (including phenoxy) is 1. The number of aliphatic hydroxyl groups is 1. The number of benzene rings is 3. The van der Waals surface area contributed by atoms with Crippen molar-refractivity contribution in [2.24, 2.45) is 0 Å². The van der Waals surface area contributed by atoms with Gasteiger partial charge in [-0.3, -0.25) is 15.0 Å². The first-order valence-electron chi connectivity index (χ1n) is 10.1. The number of hydrogen-bond donors (Lipinski definition) is 3. The Morgan fingerprint density at radius 2 is 1.94 bits per heavy atom. The van der Waals surface area contributed by atoms with E-state index in [-0.39, 0.29) is 18.4 Å². The van der Waals surface area contributed by atoms with Crippen molar-refractivity contribution in [1.29, 1.82) is 0 Å². The van der Waals surface area contributed by atoms with E-state index in [2.05, 4.69) is 20.0 Å². The second kappa shape index (κ2) is 7.91. The Morgan fingerprint density at radius 1 is 1.18 bits per heavy atom. The van der Waals surface area contributed by atoms with Gasteiger partial charge in [0.1, 0.15) is 0 Å². The maximum Gasteiger partial charge on any atom is 0.413 e. The number of nitrogens with zero attached hydrogens (tertiary/aromatic N) is 2. The third-order valence-electron chi connectivity index (χ3n) is 5.75. The molecule has 33 heavy (non-hydrogen) atoms. The van der Waals surface area contributed by atoms with Crippen LogP contribution in [0.1, 0.15) is 27.0 Å². The van der Waals surface area contributed by atoms with Crippen LogP contribution in [0.15, 0.2) is 66.7 Å². The Balaban J connectivity index is 1.62. The normalized spacial score (nSPS) is 17.3. The number of aromatic amines is 1. The van der Waals surface area contributed by atoms with Gasteiger partial charge in [0, 0.05) is 21.7 Å². The molecule has 1 aliphatic heterocycles. The lowest BCUT2D eigenvalue weighted by Crippen LogP contribution is -2.44. The molecule has 0 saturated carbocycles. The summed E-state index contributed by atoms with van der Waals surface area (Å²) < 4.78 is 4.60. The Labute approximate surface area is 193 Å². The van der Waals surface area contributed by atoms with Crippen LogP contribution in [0.25, 0.3) is 11.0 Å². The number of methoxy groups -OCH3 is 1. The van der Waals surface area contributed by atoms with Crippen LogP contribution in [0.4, 0.5) is 10.7 Å². The van der Waals surface area contributed by atoms with Crippen molar-refractivity contribution in [2.75, 3.05) is 12.4 Å². The summed E-state index contributed by atoms with van der Waals surface area (Å²) in [6.45, 7) is 0.111. The lowest BCUT2D eigenvalue weighted by Gasteiger charge is -2.35. The molecule has 2 heterocycles. The quantitative estimate of drug-likeness (QED) is 0.420. The van der Waals surface area contributed by atoms with Crippen molar-refractivity contribution < 1.29 is 19.4 Å². The van der Waals surface area contributed by atoms with Crippen LogP contribution in [-0.2, 0) is 17.0 Å². The molecule has 0 fully saturated rings. The highest BCUT2D eigenvalue weighted by atomic mass is 35.5. The molecule has 0 bridgehead atoms. The Bertz CT molecular complexity index is 1400. The van der Waals surface area contributed by atoms with Crippen LogP contribution in [-0.4, -0.2) is 39.1 Å². The third kappa shape index (κ3) is 3.40. The number of amides is 2. The van der Waals surface area contributed by atoms with Gasteiger partial charge in [-0.15, -0.1) is 0 Å². The van der Waals surface area contributed by atoms with E-state index in [4.69, 9.17) is 11.6 Å². The minimum Gasteiger partial charge on any atom is -0.453 e. The van der Waals surface area contributed by atoms with E-state index in [1.54, 1.807) is 48.5 Å². The number of aromatic nitrogens is 2. The molecule has 0 spiro atoms. The smallest absolute Gasteiger partial charge is 0.413 e. The summed E-state index contributed by atoms with van der Waals surface area (Å²) in [5.41, 5.74) is 1.49. The van der Waals surface area contributed by atoms with Gasteiger partial charge in [0.15, 0.2) is 5.72 Å². The second-order valence-electron chi connectivity index (χ2n) is 7.63. The molecule has 0 saturated heterocycles. The molecule has 3 aromatic carbocycles. The van der Waals surface area contributed by atoms with Crippen molar-refractivity contribution in [1.82, 2.24) is 14.9 Å². The largest absolute Gasteiger partial charge is 0.453 e. The van der Waals surface area contributed by atoms with Crippen LogP contribution in [0.3, 0.4) is 0 Å². The van der Waals surface area contributed by atoms with Crippen LogP contribution in [0.5, 0.6) is 0 Å². The topological polar surface area (TPSA) is 108 Å². The van der Waals surface area contributed by atoms with Gasteiger partial charge in [0.2, 0.25) is 5.95 Å². The zero-order valence-electron chi connectivity index (χ0n) is 17.5. The van der Waals surface area contributed by atoms with Gasteiger partial charge in [-0.25, -0.2) is 9.78 Å². The number of nitrogens with one attached hydrogen (secondary N) is 2.